The van der Waals surface area contributed by atoms with Gasteiger partial charge in [-0.2, -0.15) is 5.10 Å². The molecule has 0 radical (unpaired) electrons. The molecule has 0 aromatic carbocycles. The van der Waals surface area contributed by atoms with Crippen LogP contribution in [0.15, 0.2) is 6.07 Å². The Bertz CT molecular complexity index is 611. The average Bonchev–Trinajstić information content (AvgIpc) is 3.36. The van der Waals surface area contributed by atoms with Crippen LogP contribution in [0.4, 0.5) is 0 Å². The Balaban J connectivity index is 1.47. The maximum absolute atomic E-state index is 12.9. The lowest BCUT2D eigenvalue weighted by molar-refractivity contribution is 0.0698. The maximum Gasteiger partial charge on any atom is 0.272 e. The van der Waals surface area contributed by atoms with E-state index in [1.165, 1.54) is 38.8 Å². The van der Waals surface area contributed by atoms with Crippen molar-refractivity contribution in [2.24, 2.45) is 5.92 Å². The number of carbonyl (C=O) groups excluding carboxylic acids is 1. The number of amides is 1. The van der Waals surface area contributed by atoms with Crippen molar-refractivity contribution in [1.82, 2.24) is 19.6 Å². The van der Waals surface area contributed by atoms with E-state index < -0.39 is 0 Å². The van der Waals surface area contributed by atoms with Gasteiger partial charge in [0, 0.05) is 45.8 Å². The molecule has 138 valence electrons. The second kappa shape index (κ2) is 7.46. The Hall–Kier alpha value is -1.40. The first kappa shape index (κ1) is 17.0. The van der Waals surface area contributed by atoms with Crippen LogP contribution < -0.4 is 0 Å². The SMILES string of the molecule is COCCN1CCCn2nc(C3CCCN(CC4CC4)C3)cc2C1=O. The largest absolute Gasteiger partial charge is 0.383 e. The molecule has 1 aliphatic carbocycles. The number of aromatic nitrogens is 2. The Labute approximate surface area is 150 Å². The van der Waals surface area contributed by atoms with Crippen LogP contribution in [0.25, 0.3) is 0 Å². The maximum atomic E-state index is 12.9. The van der Waals surface area contributed by atoms with Crippen molar-refractivity contribution in [3.63, 3.8) is 0 Å². The molecule has 2 aliphatic heterocycles. The van der Waals surface area contributed by atoms with Crippen LogP contribution >= 0.6 is 0 Å². The summed E-state index contributed by atoms with van der Waals surface area (Å²) in [7, 11) is 1.68. The van der Waals surface area contributed by atoms with Gasteiger partial charge in [-0.25, -0.2) is 0 Å². The Kier molecular flexibility index (Phi) is 5.08. The van der Waals surface area contributed by atoms with E-state index in [9.17, 15) is 4.79 Å². The van der Waals surface area contributed by atoms with Crippen molar-refractivity contribution in [2.45, 2.75) is 44.6 Å². The van der Waals surface area contributed by atoms with E-state index in [1.54, 1.807) is 7.11 Å². The number of methoxy groups -OCH3 is 1. The highest BCUT2D eigenvalue weighted by atomic mass is 16.5. The van der Waals surface area contributed by atoms with E-state index in [0.717, 1.165) is 43.4 Å². The molecule has 0 spiro atoms. The van der Waals surface area contributed by atoms with Crippen molar-refractivity contribution in [1.29, 1.82) is 0 Å². The number of rotatable bonds is 6. The standard InChI is InChI=1S/C19H30N4O2/c1-25-11-10-22-8-3-9-23-18(19(22)24)12-17(20-23)16-4-2-7-21(14-16)13-15-5-6-15/h12,15-16H,2-11,13-14H2,1H3. The van der Waals surface area contributed by atoms with Crippen molar-refractivity contribution >= 4 is 5.91 Å². The van der Waals surface area contributed by atoms with Gasteiger partial charge in [-0.15, -0.1) is 0 Å². The number of hydrogen-bond donors (Lipinski definition) is 0. The number of aryl methyl sites for hydroxylation is 1. The van der Waals surface area contributed by atoms with Gasteiger partial charge in [0.1, 0.15) is 5.69 Å². The van der Waals surface area contributed by atoms with Crippen LogP contribution in [-0.4, -0.2) is 71.9 Å². The average molecular weight is 346 g/mol. The lowest BCUT2D eigenvalue weighted by Crippen LogP contribution is -2.36. The Morgan fingerprint density at radius 2 is 2.08 bits per heavy atom. The summed E-state index contributed by atoms with van der Waals surface area (Å²) in [6.07, 6.45) is 6.21. The summed E-state index contributed by atoms with van der Waals surface area (Å²) in [5.41, 5.74) is 1.89. The topological polar surface area (TPSA) is 50.6 Å². The number of ether oxygens (including phenoxy) is 1. The van der Waals surface area contributed by atoms with Gasteiger partial charge < -0.3 is 14.5 Å². The predicted molar refractivity (Wildman–Crippen MR) is 95.8 cm³/mol. The van der Waals surface area contributed by atoms with Gasteiger partial charge in [0.05, 0.1) is 12.3 Å². The molecule has 6 heteroatoms. The zero-order valence-electron chi connectivity index (χ0n) is 15.3. The third kappa shape index (κ3) is 3.90. The van der Waals surface area contributed by atoms with E-state index in [2.05, 4.69) is 11.0 Å². The first-order valence-corrected chi connectivity index (χ1v) is 9.83. The van der Waals surface area contributed by atoms with Crippen LogP contribution in [0.5, 0.6) is 0 Å². The van der Waals surface area contributed by atoms with E-state index in [-0.39, 0.29) is 5.91 Å². The highest BCUT2D eigenvalue weighted by molar-refractivity contribution is 5.93. The second-order valence-electron chi connectivity index (χ2n) is 7.86. The fourth-order valence-electron chi connectivity index (χ4n) is 4.20. The van der Waals surface area contributed by atoms with Crippen LogP contribution in [0.3, 0.4) is 0 Å². The molecular weight excluding hydrogens is 316 g/mol. The molecule has 1 saturated carbocycles. The molecule has 1 atom stereocenters. The summed E-state index contributed by atoms with van der Waals surface area (Å²) in [5.74, 6) is 1.53. The number of nitrogens with zero attached hydrogens (tertiary/aromatic N) is 4. The van der Waals surface area contributed by atoms with Gasteiger partial charge in [0.2, 0.25) is 0 Å². The fraction of sp³-hybridized carbons (Fsp3) is 0.789. The molecule has 3 heterocycles. The predicted octanol–water partition coefficient (Wildman–Crippen LogP) is 1.96. The summed E-state index contributed by atoms with van der Waals surface area (Å²) < 4.78 is 7.10. The number of carbonyl (C=O) groups is 1. The van der Waals surface area contributed by atoms with Crippen LogP contribution in [0.1, 0.15) is 54.2 Å². The Morgan fingerprint density at radius 3 is 2.88 bits per heavy atom. The van der Waals surface area contributed by atoms with E-state index in [4.69, 9.17) is 9.84 Å². The van der Waals surface area contributed by atoms with Gasteiger partial charge in [0.25, 0.3) is 5.91 Å². The van der Waals surface area contributed by atoms with Gasteiger partial charge >= 0.3 is 0 Å². The number of piperidine rings is 1. The van der Waals surface area contributed by atoms with Crippen LogP contribution in [-0.2, 0) is 11.3 Å². The second-order valence-corrected chi connectivity index (χ2v) is 7.86. The summed E-state index contributed by atoms with van der Waals surface area (Å²) in [6.45, 7) is 6.47. The van der Waals surface area contributed by atoms with Gasteiger partial charge in [0.15, 0.2) is 0 Å². The van der Waals surface area contributed by atoms with E-state index >= 15 is 0 Å². The normalized spacial score (nSPS) is 25.1. The van der Waals surface area contributed by atoms with Crippen molar-refractivity contribution in [3.05, 3.63) is 17.5 Å². The number of fused-ring (bicyclic) bond motifs is 1. The van der Waals surface area contributed by atoms with Gasteiger partial charge in [-0.3, -0.25) is 9.48 Å². The minimum Gasteiger partial charge on any atom is -0.383 e. The summed E-state index contributed by atoms with van der Waals surface area (Å²) >= 11 is 0. The molecule has 1 amide bonds. The minimum absolute atomic E-state index is 0.110. The number of likely N-dealkylation sites (tertiary alicyclic amines) is 1. The van der Waals surface area contributed by atoms with Gasteiger partial charge in [-0.05, 0) is 50.6 Å². The third-order valence-electron chi connectivity index (χ3n) is 5.81. The highest BCUT2D eigenvalue weighted by Gasteiger charge is 2.31. The minimum atomic E-state index is 0.110. The molecule has 25 heavy (non-hydrogen) atoms. The molecule has 0 bridgehead atoms. The van der Waals surface area contributed by atoms with Crippen LogP contribution in [0.2, 0.25) is 0 Å². The summed E-state index contributed by atoms with van der Waals surface area (Å²) in [5, 5.41) is 4.84. The van der Waals surface area contributed by atoms with Gasteiger partial charge in [-0.1, -0.05) is 0 Å². The van der Waals surface area contributed by atoms with Crippen molar-refractivity contribution in [3.8, 4) is 0 Å². The fourth-order valence-corrected chi connectivity index (χ4v) is 4.20. The van der Waals surface area contributed by atoms with E-state index in [0.29, 0.717) is 19.1 Å². The quantitative estimate of drug-likeness (QED) is 0.790. The highest BCUT2D eigenvalue weighted by Crippen LogP contribution is 2.33. The number of hydrogen-bond acceptors (Lipinski definition) is 4. The molecule has 0 N–H and O–H groups in total. The molecule has 3 aliphatic rings. The van der Waals surface area contributed by atoms with Crippen LogP contribution in [0, 0.1) is 5.92 Å². The molecule has 4 rings (SSSR count). The molecule has 2 fully saturated rings. The molecule has 6 nitrogen and oxygen atoms in total. The monoisotopic (exact) mass is 346 g/mol. The third-order valence-corrected chi connectivity index (χ3v) is 5.81. The van der Waals surface area contributed by atoms with Crippen molar-refractivity contribution < 1.29 is 9.53 Å². The summed E-state index contributed by atoms with van der Waals surface area (Å²) in [4.78, 5) is 17.4. The zero-order chi connectivity index (χ0) is 17.2. The molecule has 1 aromatic heterocycles. The molecule has 1 aromatic rings. The van der Waals surface area contributed by atoms with E-state index in [1.807, 2.05) is 9.58 Å². The molecular formula is C19H30N4O2. The smallest absolute Gasteiger partial charge is 0.272 e. The first-order valence-electron chi connectivity index (χ1n) is 9.83. The molecule has 1 unspecified atom stereocenters. The zero-order valence-corrected chi connectivity index (χ0v) is 15.3. The lowest BCUT2D eigenvalue weighted by atomic mass is 9.94. The Morgan fingerprint density at radius 1 is 1.20 bits per heavy atom. The molecule has 1 saturated heterocycles. The lowest BCUT2D eigenvalue weighted by Gasteiger charge is -2.32. The summed E-state index contributed by atoms with van der Waals surface area (Å²) in [6, 6.07) is 2.07. The van der Waals surface area contributed by atoms with Crippen molar-refractivity contribution in [2.75, 3.05) is 46.4 Å². The first-order chi connectivity index (χ1) is 12.2.